The van der Waals surface area contributed by atoms with Crippen molar-refractivity contribution in [3.63, 3.8) is 0 Å². The van der Waals surface area contributed by atoms with Gasteiger partial charge in [0.25, 0.3) is 0 Å². The van der Waals surface area contributed by atoms with E-state index < -0.39 is 0 Å². The average Bonchev–Trinajstić information content (AvgIpc) is 2.72. The highest BCUT2D eigenvalue weighted by atomic mass is 16.5. The molecule has 0 aromatic heterocycles. The van der Waals surface area contributed by atoms with E-state index >= 15 is 0 Å². The number of benzene rings is 2. The molecular weight excluding hydrogens is 336 g/mol. The molecule has 2 aromatic carbocycles. The summed E-state index contributed by atoms with van der Waals surface area (Å²) in [5.74, 6) is 3.13. The van der Waals surface area contributed by atoms with Gasteiger partial charge in [-0.3, -0.25) is 0 Å². The van der Waals surface area contributed by atoms with Crippen LogP contribution in [0, 0.1) is 0 Å². The van der Waals surface area contributed by atoms with Crippen molar-refractivity contribution in [2.45, 2.75) is 76.0 Å². The molecule has 2 N–H and O–H groups in total. The Balaban J connectivity index is 1.55. The summed E-state index contributed by atoms with van der Waals surface area (Å²) in [6.45, 7) is 0. The van der Waals surface area contributed by atoms with Gasteiger partial charge in [0, 0.05) is 11.1 Å². The van der Waals surface area contributed by atoms with Gasteiger partial charge in [-0.15, -0.1) is 0 Å². The fourth-order valence-electron chi connectivity index (χ4n) is 4.81. The maximum atomic E-state index is 10.3. The highest BCUT2D eigenvalue weighted by Gasteiger charge is 2.21. The normalized spacial score (nSPS) is 19.1. The topological polar surface area (TPSA) is 49.7 Å². The third-order valence-electron chi connectivity index (χ3n) is 6.32. The number of ether oxygens (including phenoxy) is 1. The summed E-state index contributed by atoms with van der Waals surface area (Å²) in [5.41, 5.74) is 2.02. The van der Waals surface area contributed by atoms with E-state index in [0.29, 0.717) is 23.3 Å². The number of hydrogen-bond acceptors (Lipinski definition) is 3. The smallest absolute Gasteiger partial charge is 0.127 e. The summed E-state index contributed by atoms with van der Waals surface area (Å²) in [6, 6.07) is 11.2. The van der Waals surface area contributed by atoms with Crippen LogP contribution in [0.4, 0.5) is 0 Å². The van der Waals surface area contributed by atoms with Gasteiger partial charge in [-0.2, -0.15) is 0 Å². The highest BCUT2D eigenvalue weighted by Crippen LogP contribution is 2.41. The second kappa shape index (κ2) is 8.24. The second-order valence-corrected chi connectivity index (χ2v) is 8.21. The van der Waals surface area contributed by atoms with Crippen LogP contribution in [-0.4, -0.2) is 10.2 Å². The highest BCUT2D eigenvalue weighted by molar-refractivity contribution is 5.46. The van der Waals surface area contributed by atoms with Crippen LogP contribution in [0.1, 0.15) is 87.2 Å². The zero-order valence-corrected chi connectivity index (χ0v) is 16.0. The lowest BCUT2D eigenvalue weighted by atomic mass is 9.83. The van der Waals surface area contributed by atoms with E-state index in [2.05, 4.69) is 0 Å². The van der Waals surface area contributed by atoms with E-state index in [4.69, 9.17) is 4.74 Å². The average molecular weight is 367 g/mol. The van der Waals surface area contributed by atoms with Crippen LogP contribution in [0.25, 0.3) is 0 Å². The monoisotopic (exact) mass is 366 g/mol. The molecule has 144 valence electrons. The van der Waals surface area contributed by atoms with E-state index in [1.807, 2.05) is 24.3 Å². The fraction of sp³-hybridized carbons (Fsp3) is 0.500. The van der Waals surface area contributed by atoms with Crippen LogP contribution < -0.4 is 4.74 Å². The van der Waals surface area contributed by atoms with E-state index in [1.54, 1.807) is 12.1 Å². The Bertz CT molecular complexity index is 706. The van der Waals surface area contributed by atoms with Gasteiger partial charge in [0.05, 0.1) is 0 Å². The van der Waals surface area contributed by atoms with E-state index in [1.165, 1.54) is 38.5 Å². The maximum Gasteiger partial charge on any atom is 0.127 e. The van der Waals surface area contributed by atoms with Gasteiger partial charge in [0.15, 0.2) is 0 Å². The molecule has 4 rings (SSSR count). The largest absolute Gasteiger partial charge is 0.508 e. The molecule has 2 aliphatic rings. The lowest BCUT2D eigenvalue weighted by Crippen LogP contribution is -2.05. The first kappa shape index (κ1) is 18.2. The Morgan fingerprint density at radius 3 is 1.41 bits per heavy atom. The summed E-state index contributed by atoms with van der Waals surface area (Å²) in [7, 11) is 0. The summed E-state index contributed by atoms with van der Waals surface area (Å²) in [5, 5.41) is 20.6. The Morgan fingerprint density at radius 2 is 1.00 bits per heavy atom. The molecule has 0 unspecified atom stereocenters. The number of phenols is 2. The quantitative estimate of drug-likeness (QED) is 0.613. The molecule has 0 amide bonds. The van der Waals surface area contributed by atoms with Crippen molar-refractivity contribution in [2.75, 3.05) is 0 Å². The van der Waals surface area contributed by atoms with Gasteiger partial charge >= 0.3 is 0 Å². The van der Waals surface area contributed by atoms with Gasteiger partial charge in [-0.25, -0.2) is 0 Å². The number of hydrogen-bond donors (Lipinski definition) is 2. The van der Waals surface area contributed by atoms with Crippen LogP contribution in [0.15, 0.2) is 36.4 Å². The second-order valence-electron chi connectivity index (χ2n) is 8.21. The Morgan fingerprint density at radius 1 is 0.593 bits per heavy atom. The van der Waals surface area contributed by atoms with Crippen LogP contribution in [-0.2, 0) is 0 Å². The third-order valence-corrected chi connectivity index (χ3v) is 6.32. The SMILES string of the molecule is Oc1ccc(Oc2ccc(O)c(C3CCCCC3)c2)cc1C1CCCCC1. The predicted octanol–water partition coefficient (Wildman–Crippen LogP) is 6.99. The Labute approximate surface area is 162 Å². The van der Waals surface area contributed by atoms with Crippen LogP contribution in [0.2, 0.25) is 0 Å². The number of phenolic OH excluding ortho intramolecular Hbond substituents is 2. The van der Waals surface area contributed by atoms with Crippen molar-refractivity contribution in [1.29, 1.82) is 0 Å². The molecule has 0 saturated heterocycles. The van der Waals surface area contributed by atoms with Crippen molar-refractivity contribution in [2.24, 2.45) is 0 Å². The van der Waals surface area contributed by atoms with Crippen molar-refractivity contribution in [3.05, 3.63) is 47.5 Å². The Kier molecular flexibility index (Phi) is 5.56. The summed E-state index contributed by atoms with van der Waals surface area (Å²) < 4.78 is 6.13. The Hall–Kier alpha value is -2.16. The zero-order valence-electron chi connectivity index (χ0n) is 16.0. The predicted molar refractivity (Wildman–Crippen MR) is 108 cm³/mol. The van der Waals surface area contributed by atoms with E-state index in [0.717, 1.165) is 48.3 Å². The summed E-state index contributed by atoms with van der Waals surface area (Å²) in [4.78, 5) is 0. The minimum Gasteiger partial charge on any atom is -0.508 e. The molecule has 2 saturated carbocycles. The van der Waals surface area contributed by atoms with Crippen LogP contribution in [0.3, 0.4) is 0 Å². The molecule has 0 heterocycles. The molecule has 3 heteroatoms. The van der Waals surface area contributed by atoms with Crippen molar-refractivity contribution >= 4 is 0 Å². The van der Waals surface area contributed by atoms with Gasteiger partial charge in [0.1, 0.15) is 23.0 Å². The minimum absolute atomic E-state index is 0.378. The number of rotatable bonds is 4. The lowest BCUT2D eigenvalue weighted by molar-refractivity contribution is 0.406. The summed E-state index contributed by atoms with van der Waals surface area (Å²) in [6.07, 6.45) is 12.1. The first-order valence-electron chi connectivity index (χ1n) is 10.5. The fourth-order valence-corrected chi connectivity index (χ4v) is 4.81. The zero-order chi connectivity index (χ0) is 18.6. The molecule has 27 heavy (non-hydrogen) atoms. The third kappa shape index (κ3) is 4.23. The minimum atomic E-state index is 0.378. The molecular formula is C24H30O3. The molecule has 0 atom stereocenters. The van der Waals surface area contributed by atoms with Gasteiger partial charge in [0.2, 0.25) is 0 Å². The molecule has 2 aromatic rings. The molecule has 0 bridgehead atoms. The van der Waals surface area contributed by atoms with Gasteiger partial charge in [-0.05, 0) is 73.9 Å². The van der Waals surface area contributed by atoms with Gasteiger partial charge in [-0.1, -0.05) is 38.5 Å². The van der Waals surface area contributed by atoms with Crippen LogP contribution >= 0.6 is 0 Å². The van der Waals surface area contributed by atoms with Crippen molar-refractivity contribution in [3.8, 4) is 23.0 Å². The standard InChI is InChI=1S/C24H30O3/c25-23-13-11-19(15-21(23)17-7-3-1-4-8-17)27-20-12-14-24(26)22(16-20)18-9-5-2-6-10-18/h11-18,25-26H,1-10H2. The molecule has 0 aliphatic heterocycles. The first-order valence-corrected chi connectivity index (χ1v) is 10.5. The van der Waals surface area contributed by atoms with Gasteiger partial charge < -0.3 is 14.9 Å². The van der Waals surface area contributed by atoms with Crippen molar-refractivity contribution in [1.82, 2.24) is 0 Å². The molecule has 0 spiro atoms. The summed E-state index contributed by atoms with van der Waals surface area (Å²) >= 11 is 0. The molecule has 0 radical (unpaired) electrons. The molecule has 2 fully saturated rings. The molecule has 2 aliphatic carbocycles. The first-order chi connectivity index (χ1) is 13.2. The van der Waals surface area contributed by atoms with Crippen LogP contribution in [0.5, 0.6) is 23.0 Å². The maximum absolute atomic E-state index is 10.3. The molecule has 3 nitrogen and oxygen atoms in total. The van der Waals surface area contributed by atoms with E-state index in [-0.39, 0.29) is 0 Å². The van der Waals surface area contributed by atoms with Crippen molar-refractivity contribution < 1.29 is 14.9 Å². The van der Waals surface area contributed by atoms with E-state index in [9.17, 15) is 10.2 Å². The lowest BCUT2D eigenvalue weighted by Gasteiger charge is -2.24. The number of aromatic hydroxyl groups is 2.